The highest BCUT2D eigenvalue weighted by Crippen LogP contribution is 2.24. The first-order valence-corrected chi connectivity index (χ1v) is 12.2. The van der Waals surface area contributed by atoms with Gasteiger partial charge in [0.15, 0.2) is 0 Å². The average Bonchev–Trinajstić information content (AvgIpc) is 3.29. The highest BCUT2D eigenvalue weighted by Gasteiger charge is 2.22. The summed E-state index contributed by atoms with van der Waals surface area (Å²) in [6.45, 7) is 1.96. The maximum absolute atomic E-state index is 13.1. The predicted octanol–water partition coefficient (Wildman–Crippen LogP) is 3.88. The van der Waals surface area contributed by atoms with Gasteiger partial charge in [-0.3, -0.25) is 9.59 Å². The molecule has 1 atom stereocenters. The fourth-order valence-corrected chi connectivity index (χ4v) is 4.72. The molecule has 1 unspecified atom stereocenters. The number of amides is 2. The molecule has 1 fully saturated rings. The minimum absolute atomic E-state index is 0.0578. The van der Waals surface area contributed by atoms with Crippen LogP contribution in [0.3, 0.4) is 0 Å². The van der Waals surface area contributed by atoms with Crippen molar-refractivity contribution < 1.29 is 19.4 Å². The van der Waals surface area contributed by atoms with Crippen molar-refractivity contribution in [1.82, 2.24) is 4.90 Å². The van der Waals surface area contributed by atoms with Crippen LogP contribution in [-0.4, -0.2) is 60.8 Å². The maximum Gasteiger partial charge on any atom is 0.264 e. The second-order valence-corrected chi connectivity index (χ2v) is 9.67. The quantitative estimate of drug-likeness (QED) is 0.467. The number of carbonyl (C=O) groups excluding carboxylic acids is 2. The van der Waals surface area contributed by atoms with Gasteiger partial charge in [0, 0.05) is 37.6 Å². The first kappa shape index (κ1) is 24.2. The van der Waals surface area contributed by atoms with Crippen LogP contribution in [0.25, 0.3) is 0 Å². The van der Waals surface area contributed by atoms with Gasteiger partial charge in [-0.25, -0.2) is 0 Å². The van der Waals surface area contributed by atoms with Crippen LogP contribution in [0, 0.1) is 0 Å². The first-order chi connectivity index (χ1) is 16.5. The number of hydrogen-bond donors (Lipinski definition) is 2. The van der Waals surface area contributed by atoms with E-state index in [1.54, 1.807) is 21.9 Å². The summed E-state index contributed by atoms with van der Waals surface area (Å²) >= 11 is 7.25. The van der Waals surface area contributed by atoms with E-state index in [0.29, 0.717) is 28.9 Å². The third kappa shape index (κ3) is 6.36. The molecule has 0 saturated carbocycles. The molecule has 2 N–H and O–H groups in total. The third-order valence-corrected chi connectivity index (χ3v) is 6.64. The number of nitrogens with zero attached hydrogens (tertiary/aromatic N) is 2. The van der Waals surface area contributed by atoms with E-state index in [1.165, 1.54) is 11.3 Å². The molecule has 2 heterocycles. The lowest BCUT2D eigenvalue weighted by atomic mass is 10.2. The van der Waals surface area contributed by atoms with Gasteiger partial charge in [0.2, 0.25) is 0 Å². The molecule has 0 radical (unpaired) electrons. The Morgan fingerprint density at radius 3 is 2.59 bits per heavy atom. The largest absolute Gasteiger partial charge is 0.389 e. The number of ether oxygens (including phenoxy) is 1. The molecule has 1 saturated heterocycles. The molecule has 0 spiro atoms. The molecule has 1 aromatic heterocycles. The van der Waals surface area contributed by atoms with Crippen LogP contribution in [0.4, 0.5) is 11.4 Å². The zero-order valence-corrected chi connectivity index (χ0v) is 20.1. The fraction of sp³-hybridized carbons (Fsp3) is 0.280. The first-order valence-electron chi connectivity index (χ1n) is 11.0. The summed E-state index contributed by atoms with van der Waals surface area (Å²) in [5.41, 5.74) is 2.61. The number of benzene rings is 2. The Bertz CT molecular complexity index is 1110. The number of aliphatic hydroxyl groups is 1. The number of rotatable bonds is 9. The lowest BCUT2D eigenvalue weighted by Gasteiger charge is -2.27. The molecule has 1 aliphatic rings. The van der Waals surface area contributed by atoms with Crippen molar-refractivity contribution in [3.8, 4) is 0 Å². The standard InChI is InChI=1S/C25H26ClN3O4S/c26-23-11-10-22(34-23)25(32)28(15-18-4-2-1-3-5-18)16-21(30)14-27-19-6-8-20(9-7-19)29-12-13-33-17-24(29)31/h1-11,21,27,30H,12-17H2. The summed E-state index contributed by atoms with van der Waals surface area (Å²) in [4.78, 5) is 29.0. The number of carbonyl (C=O) groups is 2. The molecule has 7 nitrogen and oxygen atoms in total. The van der Waals surface area contributed by atoms with Gasteiger partial charge in [-0.15, -0.1) is 11.3 Å². The van der Waals surface area contributed by atoms with Gasteiger partial charge in [0.05, 0.1) is 21.9 Å². The van der Waals surface area contributed by atoms with Crippen molar-refractivity contribution in [3.63, 3.8) is 0 Å². The van der Waals surface area contributed by atoms with Crippen LogP contribution in [0.2, 0.25) is 4.34 Å². The minimum atomic E-state index is -0.788. The average molecular weight is 500 g/mol. The lowest BCUT2D eigenvalue weighted by Crippen LogP contribution is -2.41. The molecule has 34 heavy (non-hydrogen) atoms. The van der Waals surface area contributed by atoms with E-state index in [4.69, 9.17) is 16.3 Å². The van der Waals surface area contributed by atoms with Gasteiger partial charge in [-0.1, -0.05) is 41.9 Å². The smallest absolute Gasteiger partial charge is 0.264 e. The van der Waals surface area contributed by atoms with Gasteiger partial charge >= 0.3 is 0 Å². The van der Waals surface area contributed by atoms with E-state index in [0.717, 1.165) is 16.9 Å². The Morgan fingerprint density at radius 1 is 1.15 bits per heavy atom. The Labute approximate surface area is 207 Å². The minimum Gasteiger partial charge on any atom is -0.389 e. The molecule has 3 aromatic rings. The van der Waals surface area contributed by atoms with Gasteiger partial charge in [0.25, 0.3) is 11.8 Å². The van der Waals surface area contributed by atoms with Gasteiger partial charge < -0.3 is 25.0 Å². The highest BCUT2D eigenvalue weighted by molar-refractivity contribution is 7.17. The SMILES string of the molecule is O=C(c1ccc(Cl)s1)N(Cc1ccccc1)CC(O)CNc1ccc(N2CCOCC2=O)cc1. The normalized spacial score (nSPS) is 14.6. The molecule has 0 aliphatic carbocycles. The molecule has 2 aromatic carbocycles. The van der Waals surface area contributed by atoms with E-state index in [2.05, 4.69) is 5.32 Å². The van der Waals surface area contributed by atoms with Crippen molar-refractivity contribution in [2.45, 2.75) is 12.6 Å². The van der Waals surface area contributed by atoms with E-state index in [1.807, 2.05) is 54.6 Å². The summed E-state index contributed by atoms with van der Waals surface area (Å²) in [5.74, 6) is -0.225. The van der Waals surface area contributed by atoms with Crippen LogP contribution in [-0.2, 0) is 16.1 Å². The second kappa shape index (κ2) is 11.5. The Kier molecular flexibility index (Phi) is 8.18. The molecular formula is C25H26ClN3O4S. The monoisotopic (exact) mass is 499 g/mol. The van der Waals surface area contributed by atoms with Crippen molar-refractivity contribution >= 4 is 46.1 Å². The fourth-order valence-electron chi connectivity index (χ4n) is 3.71. The number of hydrogen-bond acceptors (Lipinski definition) is 6. The number of thiophene rings is 1. The van der Waals surface area contributed by atoms with Crippen molar-refractivity contribution in [2.24, 2.45) is 0 Å². The van der Waals surface area contributed by atoms with E-state index < -0.39 is 6.10 Å². The molecule has 0 bridgehead atoms. The van der Waals surface area contributed by atoms with Crippen LogP contribution in [0.15, 0.2) is 66.7 Å². The molecule has 178 valence electrons. The Balaban J connectivity index is 1.36. The summed E-state index contributed by atoms with van der Waals surface area (Å²) in [5, 5.41) is 13.9. The summed E-state index contributed by atoms with van der Waals surface area (Å²) < 4.78 is 5.72. The molecule has 1 aliphatic heterocycles. The molecule has 4 rings (SSSR count). The van der Waals surface area contributed by atoms with Gasteiger partial charge in [0.1, 0.15) is 6.61 Å². The zero-order chi connectivity index (χ0) is 23.9. The number of morpholine rings is 1. The van der Waals surface area contributed by atoms with E-state index in [9.17, 15) is 14.7 Å². The lowest BCUT2D eigenvalue weighted by molar-refractivity contribution is -0.125. The summed E-state index contributed by atoms with van der Waals surface area (Å²) in [7, 11) is 0. The maximum atomic E-state index is 13.1. The van der Waals surface area contributed by atoms with Crippen molar-refractivity contribution in [2.75, 3.05) is 43.1 Å². The third-order valence-electron chi connectivity index (χ3n) is 5.43. The topological polar surface area (TPSA) is 82.1 Å². The number of aliphatic hydroxyl groups excluding tert-OH is 1. The van der Waals surface area contributed by atoms with E-state index in [-0.39, 0.29) is 31.5 Å². The summed E-state index contributed by atoms with van der Waals surface area (Å²) in [6, 6.07) is 20.5. The Hall–Kier alpha value is -2.91. The molecule has 2 amide bonds. The number of nitrogens with one attached hydrogen (secondary N) is 1. The van der Waals surface area contributed by atoms with Crippen LogP contribution in [0.5, 0.6) is 0 Å². The zero-order valence-electron chi connectivity index (χ0n) is 18.5. The summed E-state index contributed by atoms with van der Waals surface area (Å²) in [6.07, 6.45) is -0.788. The van der Waals surface area contributed by atoms with Crippen LogP contribution < -0.4 is 10.2 Å². The second-order valence-electron chi connectivity index (χ2n) is 7.95. The number of anilines is 2. The molecule has 9 heteroatoms. The molecular weight excluding hydrogens is 474 g/mol. The van der Waals surface area contributed by atoms with Crippen LogP contribution >= 0.6 is 22.9 Å². The van der Waals surface area contributed by atoms with Crippen LogP contribution in [0.1, 0.15) is 15.2 Å². The number of halogens is 1. The van der Waals surface area contributed by atoms with Gasteiger partial charge in [-0.05, 0) is 42.0 Å². The van der Waals surface area contributed by atoms with Crippen molar-refractivity contribution in [3.05, 3.63) is 81.5 Å². The van der Waals surface area contributed by atoms with Gasteiger partial charge in [-0.2, -0.15) is 0 Å². The Morgan fingerprint density at radius 2 is 1.91 bits per heavy atom. The van der Waals surface area contributed by atoms with Crippen molar-refractivity contribution in [1.29, 1.82) is 0 Å². The highest BCUT2D eigenvalue weighted by atomic mass is 35.5. The van der Waals surface area contributed by atoms with E-state index >= 15 is 0 Å². The predicted molar refractivity (Wildman–Crippen MR) is 135 cm³/mol.